The number of carbonyl (C=O) groups is 1. The molecule has 0 aromatic heterocycles. The van der Waals surface area contributed by atoms with Crippen molar-refractivity contribution < 1.29 is 9.53 Å². The second kappa shape index (κ2) is 5.03. The highest BCUT2D eigenvalue weighted by atomic mass is 16.5. The number of hydrogen-bond acceptors (Lipinski definition) is 2. The van der Waals surface area contributed by atoms with Crippen molar-refractivity contribution in [3.05, 3.63) is 11.6 Å². The third kappa shape index (κ3) is 2.67. The Morgan fingerprint density at radius 3 is 2.40 bits per heavy atom. The van der Waals surface area contributed by atoms with Crippen molar-refractivity contribution in [1.29, 1.82) is 0 Å². The van der Waals surface area contributed by atoms with E-state index in [9.17, 15) is 4.79 Å². The Labute approximate surface area is 61.9 Å². The van der Waals surface area contributed by atoms with E-state index in [1.165, 1.54) is 7.11 Å². The molecule has 0 fully saturated rings. The van der Waals surface area contributed by atoms with Gasteiger partial charge in [-0.3, -0.25) is 0 Å². The Bertz CT molecular complexity index is 136. The Morgan fingerprint density at radius 2 is 2.10 bits per heavy atom. The molecule has 0 saturated carbocycles. The van der Waals surface area contributed by atoms with Crippen LogP contribution in [-0.2, 0) is 9.53 Å². The van der Waals surface area contributed by atoms with Gasteiger partial charge < -0.3 is 4.74 Å². The van der Waals surface area contributed by atoms with Crippen LogP contribution < -0.4 is 0 Å². The molecule has 0 rings (SSSR count). The fourth-order valence-corrected chi connectivity index (χ4v) is 0.750. The molecule has 0 bridgehead atoms. The standard InChI is InChI=1S/C8H14O2/c1-4-6-7(5-2)8(9)10-3/h6H,4-5H2,1-3H3/b7-6+. The van der Waals surface area contributed by atoms with E-state index in [0.717, 1.165) is 18.4 Å². The predicted molar refractivity (Wildman–Crippen MR) is 40.7 cm³/mol. The number of methoxy groups -OCH3 is 1. The first-order valence-corrected chi connectivity index (χ1v) is 3.53. The van der Waals surface area contributed by atoms with E-state index in [-0.39, 0.29) is 5.97 Å². The fraction of sp³-hybridized carbons (Fsp3) is 0.625. The largest absolute Gasteiger partial charge is 0.466 e. The second-order valence-corrected chi connectivity index (χ2v) is 1.98. The number of allylic oxidation sites excluding steroid dienone is 1. The van der Waals surface area contributed by atoms with Crippen LogP contribution in [0.3, 0.4) is 0 Å². The van der Waals surface area contributed by atoms with Gasteiger partial charge in [-0.15, -0.1) is 0 Å². The van der Waals surface area contributed by atoms with Crippen LogP contribution in [0.25, 0.3) is 0 Å². The summed E-state index contributed by atoms with van der Waals surface area (Å²) in [6.45, 7) is 3.94. The highest BCUT2D eigenvalue weighted by molar-refractivity contribution is 5.88. The number of rotatable bonds is 3. The monoisotopic (exact) mass is 142 g/mol. The summed E-state index contributed by atoms with van der Waals surface area (Å²) < 4.78 is 4.55. The molecule has 0 saturated heterocycles. The predicted octanol–water partition coefficient (Wildman–Crippen LogP) is 1.91. The van der Waals surface area contributed by atoms with Crippen molar-refractivity contribution in [3.8, 4) is 0 Å². The molecule has 0 N–H and O–H groups in total. The summed E-state index contributed by atoms with van der Waals surface area (Å²) >= 11 is 0. The van der Waals surface area contributed by atoms with Gasteiger partial charge in [-0.25, -0.2) is 4.79 Å². The summed E-state index contributed by atoms with van der Waals surface area (Å²) in [5.41, 5.74) is 0.769. The minimum absolute atomic E-state index is 0.204. The molecule has 0 aromatic rings. The van der Waals surface area contributed by atoms with E-state index < -0.39 is 0 Å². The van der Waals surface area contributed by atoms with Gasteiger partial charge in [0.25, 0.3) is 0 Å². The zero-order valence-corrected chi connectivity index (χ0v) is 6.81. The minimum atomic E-state index is -0.204. The van der Waals surface area contributed by atoms with Crippen molar-refractivity contribution >= 4 is 5.97 Å². The summed E-state index contributed by atoms with van der Waals surface area (Å²) in [5, 5.41) is 0. The lowest BCUT2D eigenvalue weighted by Gasteiger charge is -1.99. The van der Waals surface area contributed by atoms with E-state index in [2.05, 4.69) is 4.74 Å². The maximum absolute atomic E-state index is 10.8. The molecule has 0 atom stereocenters. The average molecular weight is 142 g/mol. The van der Waals surface area contributed by atoms with Gasteiger partial charge in [-0.1, -0.05) is 19.9 Å². The van der Waals surface area contributed by atoms with E-state index in [0.29, 0.717) is 0 Å². The van der Waals surface area contributed by atoms with Crippen LogP contribution in [0.2, 0.25) is 0 Å². The molecule has 0 unspecified atom stereocenters. The first-order valence-electron chi connectivity index (χ1n) is 3.53. The summed E-state index contributed by atoms with van der Waals surface area (Å²) in [7, 11) is 1.40. The summed E-state index contributed by atoms with van der Waals surface area (Å²) in [6, 6.07) is 0. The molecule has 0 aliphatic carbocycles. The fourth-order valence-electron chi connectivity index (χ4n) is 0.750. The third-order valence-corrected chi connectivity index (χ3v) is 1.28. The number of esters is 1. The quantitative estimate of drug-likeness (QED) is 0.444. The van der Waals surface area contributed by atoms with Crippen LogP contribution in [0.5, 0.6) is 0 Å². The first kappa shape index (κ1) is 9.21. The maximum Gasteiger partial charge on any atom is 0.333 e. The van der Waals surface area contributed by atoms with Gasteiger partial charge in [-0.05, 0) is 12.8 Å². The van der Waals surface area contributed by atoms with E-state index >= 15 is 0 Å². The number of carbonyl (C=O) groups excluding carboxylic acids is 1. The zero-order chi connectivity index (χ0) is 7.98. The molecule has 0 aromatic carbocycles. The van der Waals surface area contributed by atoms with Gasteiger partial charge in [0, 0.05) is 5.57 Å². The highest BCUT2D eigenvalue weighted by Gasteiger charge is 2.04. The van der Waals surface area contributed by atoms with Gasteiger partial charge in [0.2, 0.25) is 0 Å². The Kier molecular flexibility index (Phi) is 4.63. The molecule has 2 nitrogen and oxygen atoms in total. The summed E-state index contributed by atoms with van der Waals surface area (Å²) in [5.74, 6) is -0.204. The van der Waals surface area contributed by atoms with Crippen LogP contribution in [0.1, 0.15) is 26.7 Å². The molecule has 0 radical (unpaired) electrons. The minimum Gasteiger partial charge on any atom is -0.466 e. The third-order valence-electron chi connectivity index (χ3n) is 1.28. The average Bonchev–Trinajstić information content (AvgIpc) is 1.99. The number of ether oxygens (including phenoxy) is 1. The topological polar surface area (TPSA) is 26.3 Å². The van der Waals surface area contributed by atoms with Crippen molar-refractivity contribution in [2.45, 2.75) is 26.7 Å². The van der Waals surface area contributed by atoms with Crippen molar-refractivity contribution in [3.63, 3.8) is 0 Å². The molecule has 58 valence electrons. The molecular formula is C8H14O2. The zero-order valence-electron chi connectivity index (χ0n) is 6.81. The number of hydrogen-bond donors (Lipinski definition) is 0. The lowest BCUT2D eigenvalue weighted by atomic mass is 10.2. The van der Waals surface area contributed by atoms with E-state index in [1.54, 1.807) is 0 Å². The molecule has 0 aliphatic heterocycles. The van der Waals surface area contributed by atoms with Crippen LogP contribution >= 0.6 is 0 Å². The van der Waals surface area contributed by atoms with Crippen LogP contribution in [0.4, 0.5) is 0 Å². The molecule has 2 heteroatoms. The van der Waals surface area contributed by atoms with Crippen LogP contribution in [0, 0.1) is 0 Å². The summed E-state index contributed by atoms with van der Waals surface area (Å²) in [6.07, 6.45) is 3.53. The molecule has 0 heterocycles. The van der Waals surface area contributed by atoms with Crippen molar-refractivity contribution in [2.75, 3.05) is 7.11 Å². The molecule has 10 heavy (non-hydrogen) atoms. The Morgan fingerprint density at radius 1 is 1.50 bits per heavy atom. The van der Waals surface area contributed by atoms with Crippen LogP contribution in [-0.4, -0.2) is 13.1 Å². The Balaban J connectivity index is 4.06. The van der Waals surface area contributed by atoms with Gasteiger partial charge >= 0.3 is 5.97 Å². The molecule has 0 amide bonds. The molecule has 0 spiro atoms. The lowest BCUT2D eigenvalue weighted by molar-refractivity contribution is -0.136. The van der Waals surface area contributed by atoms with Gasteiger partial charge in [0.1, 0.15) is 0 Å². The lowest BCUT2D eigenvalue weighted by Crippen LogP contribution is -2.03. The summed E-state index contributed by atoms with van der Waals surface area (Å²) in [4.78, 5) is 10.8. The Hall–Kier alpha value is -0.790. The second-order valence-electron chi connectivity index (χ2n) is 1.98. The van der Waals surface area contributed by atoms with Crippen molar-refractivity contribution in [2.24, 2.45) is 0 Å². The SMILES string of the molecule is CC/C=C(\CC)C(=O)OC. The van der Waals surface area contributed by atoms with Gasteiger partial charge in [-0.2, -0.15) is 0 Å². The first-order chi connectivity index (χ1) is 4.76. The molecule has 0 aliphatic rings. The maximum atomic E-state index is 10.8. The normalized spacial score (nSPS) is 11.3. The smallest absolute Gasteiger partial charge is 0.333 e. The van der Waals surface area contributed by atoms with Crippen molar-refractivity contribution in [1.82, 2.24) is 0 Å². The highest BCUT2D eigenvalue weighted by Crippen LogP contribution is 2.03. The van der Waals surface area contributed by atoms with Gasteiger partial charge in [0.05, 0.1) is 7.11 Å². The van der Waals surface area contributed by atoms with Crippen LogP contribution in [0.15, 0.2) is 11.6 Å². The van der Waals surface area contributed by atoms with E-state index in [4.69, 9.17) is 0 Å². The van der Waals surface area contributed by atoms with E-state index in [1.807, 2.05) is 19.9 Å². The van der Waals surface area contributed by atoms with Gasteiger partial charge in [0.15, 0.2) is 0 Å². The molecular weight excluding hydrogens is 128 g/mol.